The van der Waals surface area contributed by atoms with Crippen molar-refractivity contribution in [1.29, 1.82) is 0 Å². The number of nitrogens with one attached hydrogen (secondary N) is 2. The molecule has 1 aromatic rings. The Bertz CT molecular complexity index is 426. The van der Waals surface area contributed by atoms with E-state index in [1.54, 1.807) is 0 Å². The summed E-state index contributed by atoms with van der Waals surface area (Å²) in [7, 11) is 1.90. The van der Waals surface area contributed by atoms with Gasteiger partial charge in [0.15, 0.2) is 0 Å². The van der Waals surface area contributed by atoms with E-state index in [4.69, 9.17) is 16.3 Å². The van der Waals surface area contributed by atoms with E-state index in [0.29, 0.717) is 6.54 Å². The first-order valence-corrected chi connectivity index (χ1v) is 7.09. The Kier molecular flexibility index (Phi) is 6.30. The van der Waals surface area contributed by atoms with Crippen molar-refractivity contribution in [2.75, 3.05) is 13.6 Å². The lowest BCUT2D eigenvalue weighted by Gasteiger charge is -2.21. The molecule has 0 radical (unpaired) electrons. The van der Waals surface area contributed by atoms with Crippen LogP contribution in [-0.2, 0) is 4.74 Å². The first-order valence-electron chi connectivity index (χ1n) is 6.71. The first kappa shape index (κ1) is 16.8. The van der Waals surface area contributed by atoms with Gasteiger partial charge in [0.2, 0.25) is 0 Å². The second-order valence-corrected chi connectivity index (χ2v) is 6.05. The molecule has 1 unspecified atom stereocenters. The van der Waals surface area contributed by atoms with Crippen molar-refractivity contribution >= 4 is 17.7 Å². The zero-order valence-corrected chi connectivity index (χ0v) is 13.3. The second kappa shape index (κ2) is 7.50. The normalized spacial score (nSPS) is 12.8. The Morgan fingerprint density at radius 1 is 1.30 bits per heavy atom. The van der Waals surface area contributed by atoms with E-state index in [1.807, 2.05) is 52.1 Å². The van der Waals surface area contributed by atoms with Gasteiger partial charge < -0.3 is 15.4 Å². The van der Waals surface area contributed by atoms with E-state index in [2.05, 4.69) is 10.6 Å². The molecular weight excluding hydrogens is 276 g/mol. The molecule has 1 amide bonds. The quantitative estimate of drug-likeness (QED) is 0.874. The predicted octanol–water partition coefficient (Wildman–Crippen LogP) is 3.52. The molecule has 0 aliphatic rings. The number of hydrogen-bond donors (Lipinski definition) is 2. The number of hydrogen-bond acceptors (Lipinski definition) is 3. The Labute approximate surface area is 125 Å². The smallest absolute Gasteiger partial charge is 0.407 e. The Balaban J connectivity index is 2.42. The summed E-state index contributed by atoms with van der Waals surface area (Å²) in [6, 6.07) is 7.86. The van der Waals surface area contributed by atoms with Gasteiger partial charge in [0.25, 0.3) is 0 Å². The van der Waals surface area contributed by atoms with Crippen LogP contribution in [0.3, 0.4) is 0 Å². The number of halogens is 1. The van der Waals surface area contributed by atoms with E-state index < -0.39 is 5.60 Å². The summed E-state index contributed by atoms with van der Waals surface area (Å²) in [5.74, 6) is 0. The number of rotatable bonds is 5. The highest BCUT2D eigenvalue weighted by Crippen LogP contribution is 2.18. The summed E-state index contributed by atoms with van der Waals surface area (Å²) in [5, 5.41) is 6.70. The molecule has 1 atom stereocenters. The Hall–Kier alpha value is -1.26. The van der Waals surface area contributed by atoms with Gasteiger partial charge in [0.05, 0.1) is 0 Å². The number of carbonyl (C=O) groups is 1. The molecular formula is C15H23ClN2O2. The summed E-state index contributed by atoms with van der Waals surface area (Å²) in [5.41, 5.74) is 0.672. The average Bonchev–Trinajstić information content (AvgIpc) is 2.34. The van der Waals surface area contributed by atoms with Crippen LogP contribution >= 0.6 is 11.6 Å². The van der Waals surface area contributed by atoms with Crippen molar-refractivity contribution < 1.29 is 9.53 Å². The highest BCUT2D eigenvalue weighted by molar-refractivity contribution is 6.30. The van der Waals surface area contributed by atoms with Crippen LogP contribution in [0.2, 0.25) is 5.02 Å². The molecule has 0 fully saturated rings. The maximum Gasteiger partial charge on any atom is 0.407 e. The lowest BCUT2D eigenvalue weighted by Crippen LogP contribution is -2.34. The van der Waals surface area contributed by atoms with Crippen molar-refractivity contribution in [2.24, 2.45) is 0 Å². The van der Waals surface area contributed by atoms with Crippen molar-refractivity contribution in [2.45, 2.75) is 38.8 Å². The van der Waals surface area contributed by atoms with Gasteiger partial charge in [-0.15, -0.1) is 0 Å². The van der Waals surface area contributed by atoms with Crippen LogP contribution in [0.25, 0.3) is 0 Å². The number of amides is 1. The van der Waals surface area contributed by atoms with Gasteiger partial charge in [0, 0.05) is 17.6 Å². The highest BCUT2D eigenvalue weighted by atomic mass is 35.5. The number of ether oxygens (including phenoxy) is 1. The number of carbonyl (C=O) groups excluding carboxylic acids is 1. The molecule has 0 spiro atoms. The van der Waals surface area contributed by atoms with Crippen LogP contribution in [0.1, 0.15) is 38.8 Å². The van der Waals surface area contributed by atoms with Crippen LogP contribution in [-0.4, -0.2) is 25.3 Å². The van der Waals surface area contributed by atoms with Crippen molar-refractivity contribution in [3.8, 4) is 0 Å². The largest absolute Gasteiger partial charge is 0.444 e. The third kappa shape index (κ3) is 6.26. The van der Waals surface area contributed by atoms with Gasteiger partial charge >= 0.3 is 6.09 Å². The zero-order chi connectivity index (χ0) is 15.2. The van der Waals surface area contributed by atoms with Crippen LogP contribution in [0.4, 0.5) is 4.79 Å². The summed E-state index contributed by atoms with van der Waals surface area (Å²) in [6.07, 6.45) is 0.389. The van der Waals surface area contributed by atoms with Crippen LogP contribution in [0.5, 0.6) is 0 Å². The number of benzene rings is 1. The van der Waals surface area contributed by atoms with Gasteiger partial charge in [-0.05, 0) is 51.9 Å². The van der Waals surface area contributed by atoms with E-state index in [-0.39, 0.29) is 12.1 Å². The molecule has 0 bridgehead atoms. The zero-order valence-electron chi connectivity index (χ0n) is 12.5. The molecule has 0 aromatic heterocycles. The van der Waals surface area contributed by atoms with Gasteiger partial charge in [0.1, 0.15) is 5.60 Å². The molecule has 0 heterocycles. The van der Waals surface area contributed by atoms with Gasteiger partial charge in [-0.3, -0.25) is 0 Å². The molecule has 4 nitrogen and oxygen atoms in total. The monoisotopic (exact) mass is 298 g/mol. The molecule has 0 saturated carbocycles. The van der Waals surface area contributed by atoms with E-state index in [1.165, 1.54) is 0 Å². The lowest BCUT2D eigenvalue weighted by atomic mass is 10.0. The minimum absolute atomic E-state index is 0.169. The fraction of sp³-hybridized carbons (Fsp3) is 0.533. The maximum atomic E-state index is 11.5. The standard InChI is InChI=1S/C15H23ClN2O2/c1-15(2,3)20-14(19)18-10-9-13(17-4)11-5-7-12(16)8-6-11/h5-8,13,17H,9-10H2,1-4H3,(H,18,19). The van der Waals surface area contributed by atoms with Crippen molar-refractivity contribution in [3.63, 3.8) is 0 Å². The highest BCUT2D eigenvalue weighted by Gasteiger charge is 2.16. The molecule has 0 saturated heterocycles. The number of alkyl carbamates (subject to hydrolysis) is 1. The molecule has 0 aliphatic carbocycles. The Morgan fingerprint density at radius 2 is 1.90 bits per heavy atom. The lowest BCUT2D eigenvalue weighted by molar-refractivity contribution is 0.0526. The van der Waals surface area contributed by atoms with Gasteiger partial charge in [-0.2, -0.15) is 0 Å². The summed E-state index contributed by atoms with van der Waals surface area (Å²) in [6.45, 7) is 6.08. The molecule has 1 aromatic carbocycles. The molecule has 5 heteroatoms. The third-order valence-corrected chi connectivity index (χ3v) is 2.97. The fourth-order valence-corrected chi connectivity index (χ4v) is 1.93. The molecule has 1 rings (SSSR count). The van der Waals surface area contributed by atoms with Crippen LogP contribution in [0.15, 0.2) is 24.3 Å². The van der Waals surface area contributed by atoms with E-state index in [0.717, 1.165) is 17.0 Å². The molecule has 0 aliphatic heterocycles. The maximum absolute atomic E-state index is 11.5. The molecule has 2 N–H and O–H groups in total. The third-order valence-electron chi connectivity index (χ3n) is 2.72. The second-order valence-electron chi connectivity index (χ2n) is 5.61. The minimum Gasteiger partial charge on any atom is -0.444 e. The van der Waals surface area contributed by atoms with Gasteiger partial charge in [-0.25, -0.2) is 4.79 Å². The van der Waals surface area contributed by atoms with E-state index >= 15 is 0 Å². The first-order chi connectivity index (χ1) is 9.31. The summed E-state index contributed by atoms with van der Waals surface area (Å²) in [4.78, 5) is 11.5. The Morgan fingerprint density at radius 3 is 2.40 bits per heavy atom. The van der Waals surface area contributed by atoms with Crippen molar-refractivity contribution in [1.82, 2.24) is 10.6 Å². The summed E-state index contributed by atoms with van der Waals surface area (Å²) >= 11 is 5.87. The topological polar surface area (TPSA) is 50.4 Å². The minimum atomic E-state index is -0.470. The predicted molar refractivity (Wildman–Crippen MR) is 82.1 cm³/mol. The van der Waals surface area contributed by atoms with E-state index in [9.17, 15) is 4.79 Å². The van der Waals surface area contributed by atoms with Crippen LogP contribution < -0.4 is 10.6 Å². The SMILES string of the molecule is CNC(CCNC(=O)OC(C)(C)C)c1ccc(Cl)cc1. The molecule has 112 valence electrons. The average molecular weight is 299 g/mol. The van der Waals surface area contributed by atoms with Crippen LogP contribution in [0, 0.1) is 0 Å². The fourth-order valence-electron chi connectivity index (χ4n) is 1.81. The summed E-state index contributed by atoms with van der Waals surface area (Å²) < 4.78 is 5.19. The van der Waals surface area contributed by atoms with Crippen molar-refractivity contribution in [3.05, 3.63) is 34.9 Å². The molecule has 20 heavy (non-hydrogen) atoms. The van der Waals surface area contributed by atoms with Gasteiger partial charge in [-0.1, -0.05) is 23.7 Å².